The molecule has 22 heavy (non-hydrogen) atoms. The van der Waals surface area contributed by atoms with Gasteiger partial charge in [-0.15, -0.1) is 0 Å². The zero-order valence-electron chi connectivity index (χ0n) is 12.7. The summed E-state index contributed by atoms with van der Waals surface area (Å²) >= 11 is 0. The number of rotatable bonds is 2. The molecule has 0 fully saturated rings. The predicted octanol–water partition coefficient (Wildman–Crippen LogP) is 2.23. The van der Waals surface area contributed by atoms with E-state index in [4.69, 9.17) is 9.47 Å². The number of carbonyl (C=O) groups is 2. The second kappa shape index (κ2) is 5.83. The van der Waals surface area contributed by atoms with Gasteiger partial charge >= 0.3 is 5.97 Å². The van der Waals surface area contributed by atoms with Crippen molar-refractivity contribution in [2.45, 2.75) is 32.4 Å². The third-order valence-electron chi connectivity index (χ3n) is 4.08. The lowest BCUT2D eigenvalue weighted by molar-refractivity contribution is -0.140. The van der Waals surface area contributed by atoms with Gasteiger partial charge in [0.25, 0.3) is 0 Å². The molecule has 0 bridgehead atoms. The highest BCUT2D eigenvalue weighted by molar-refractivity contribution is 6.17. The lowest BCUT2D eigenvalue weighted by Crippen LogP contribution is -2.40. The van der Waals surface area contributed by atoms with Crippen LogP contribution in [0.3, 0.4) is 0 Å². The molecule has 0 saturated heterocycles. The van der Waals surface area contributed by atoms with Crippen LogP contribution in [0.4, 0.5) is 0 Å². The number of ether oxygens (including phenoxy) is 2. The molecule has 1 aromatic rings. The van der Waals surface area contributed by atoms with Gasteiger partial charge in [-0.1, -0.05) is 18.2 Å². The van der Waals surface area contributed by atoms with Crippen LogP contribution in [0.5, 0.6) is 5.75 Å². The molecule has 0 radical (unpaired) electrons. The van der Waals surface area contributed by atoms with Crippen LogP contribution in [0, 0.1) is 0 Å². The van der Waals surface area contributed by atoms with E-state index >= 15 is 0 Å². The summed E-state index contributed by atoms with van der Waals surface area (Å²) in [4.78, 5) is 26.4. The largest absolute Gasteiger partial charge is 0.491 e. The second-order valence-electron chi connectivity index (χ2n) is 5.55. The standard InChI is InChI=1S/C17H19NO4/c1-3-21-17(20)13-9-18-11(2)10-22-16-7-5-4-6-12(16)14(18)8-15(13)19/h4-7,9,11,14H,3,8,10H2,1-2H3. The first kappa shape index (κ1) is 14.6. The molecule has 5 heteroatoms. The number of benzene rings is 1. The Balaban J connectivity index is 2.01. The molecule has 0 aromatic heterocycles. The van der Waals surface area contributed by atoms with Gasteiger partial charge in [-0.25, -0.2) is 4.79 Å². The maximum absolute atomic E-state index is 12.4. The van der Waals surface area contributed by atoms with Crippen LogP contribution < -0.4 is 4.74 Å². The molecule has 0 aliphatic carbocycles. The number of fused-ring (bicyclic) bond motifs is 3. The van der Waals surface area contributed by atoms with E-state index in [1.165, 1.54) is 0 Å². The Bertz CT molecular complexity index is 637. The van der Waals surface area contributed by atoms with E-state index in [2.05, 4.69) is 0 Å². The first-order valence-electron chi connectivity index (χ1n) is 7.53. The van der Waals surface area contributed by atoms with Crippen molar-refractivity contribution in [2.75, 3.05) is 13.2 Å². The summed E-state index contributed by atoms with van der Waals surface area (Å²) in [7, 11) is 0. The highest BCUT2D eigenvalue weighted by atomic mass is 16.5. The van der Waals surface area contributed by atoms with Crippen LogP contribution in [0.25, 0.3) is 0 Å². The summed E-state index contributed by atoms with van der Waals surface area (Å²) in [6.07, 6.45) is 1.90. The third-order valence-corrected chi connectivity index (χ3v) is 4.08. The fourth-order valence-electron chi connectivity index (χ4n) is 2.97. The number of carbonyl (C=O) groups excluding carboxylic acids is 2. The van der Waals surface area contributed by atoms with Crippen molar-refractivity contribution in [3.8, 4) is 5.75 Å². The van der Waals surface area contributed by atoms with E-state index in [1.54, 1.807) is 13.1 Å². The summed E-state index contributed by atoms with van der Waals surface area (Å²) < 4.78 is 10.8. The average Bonchev–Trinajstić information content (AvgIpc) is 2.65. The molecule has 2 aliphatic heterocycles. The maximum Gasteiger partial charge on any atom is 0.343 e. The number of para-hydroxylation sites is 1. The minimum Gasteiger partial charge on any atom is -0.491 e. The minimum absolute atomic E-state index is 0.0647. The number of esters is 1. The third kappa shape index (κ3) is 2.47. The Kier molecular flexibility index (Phi) is 3.88. The van der Waals surface area contributed by atoms with Gasteiger partial charge in [-0.2, -0.15) is 0 Å². The van der Waals surface area contributed by atoms with Gasteiger partial charge in [0.1, 0.15) is 17.9 Å². The summed E-state index contributed by atoms with van der Waals surface area (Å²) in [5.74, 6) is 0.0860. The zero-order valence-corrected chi connectivity index (χ0v) is 12.7. The molecule has 0 spiro atoms. The number of hydrogen-bond donors (Lipinski definition) is 0. The second-order valence-corrected chi connectivity index (χ2v) is 5.55. The van der Waals surface area contributed by atoms with Gasteiger partial charge in [0.15, 0.2) is 5.78 Å². The molecule has 2 aliphatic rings. The van der Waals surface area contributed by atoms with Crippen molar-refractivity contribution in [1.82, 2.24) is 4.90 Å². The van der Waals surface area contributed by atoms with Gasteiger partial charge in [0, 0.05) is 18.2 Å². The molecule has 0 amide bonds. The monoisotopic (exact) mass is 301 g/mol. The maximum atomic E-state index is 12.4. The van der Waals surface area contributed by atoms with E-state index < -0.39 is 5.97 Å². The van der Waals surface area contributed by atoms with E-state index in [-0.39, 0.29) is 36.5 Å². The molecule has 5 nitrogen and oxygen atoms in total. The molecule has 1 aromatic carbocycles. The highest BCUT2D eigenvalue weighted by Crippen LogP contribution is 2.39. The normalized spacial score (nSPS) is 23.6. The topological polar surface area (TPSA) is 55.8 Å². The summed E-state index contributed by atoms with van der Waals surface area (Å²) in [6.45, 7) is 4.52. The van der Waals surface area contributed by atoms with Gasteiger partial charge in [-0.3, -0.25) is 4.79 Å². The fourth-order valence-corrected chi connectivity index (χ4v) is 2.97. The van der Waals surface area contributed by atoms with Crippen molar-refractivity contribution in [2.24, 2.45) is 0 Å². The van der Waals surface area contributed by atoms with E-state index in [1.807, 2.05) is 36.1 Å². The number of nitrogens with zero attached hydrogens (tertiary/aromatic N) is 1. The van der Waals surface area contributed by atoms with Gasteiger partial charge in [0.2, 0.25) is 0 Å². The molecule has 0 saturated carbocycles. The molecule has 3 rings (SSSR count). The lowest BCUT2D eigenvalue weighted by Gasteiger charge is -2.36. The molecule has 2 heterocycles. The minimum atomic E-state index is -0.545. The van der Waals surface area contributed by atoms with E-state index in [9.17, 15) is 9.59 Å². The van der Waals surface area contributed by atoms with Crippen molar-refractivity contribution in [3.63, 3.8) is 0 Å². The highest BCUT2D eigenvalue weighted by Gasteiger charge is 2.37. The average molecular weight is 301 g/mol. The van der Waals surface area contributed by atoms with E-state index in [0.29, 0.717) is 6.61 Å². The summed E-state index contributed by atoms with van der Waals surface area (Å²) in [5.41, 5.74) is 1.11. The van der Waals surface area contributed by atoms with Crippen molar-refractivity contribution in [1.29, 1.82) is 0 Å². The summed E-state index contributed by atoms with van der Waals surface area (Å²) in [5, 5.41) is 0. The Morgan fingerprint density at radius 2 is 2.18 bits per heavy atom. The molecule has 2 atom stereocenters. The molecular weight excluding hydrogens is 282 g/mol. The number of ketones is 1. The molecule has 2 unspecified atom stereocenters. The van der Waals surface area contributed by atoms with Crippen LogP contribution in [-0.4, -0.2) is 35.9 Å². The van der Waals surface area contributed by atoms with Crippen molar-refractivity contribution >= 4 is 11.8 Å². The zero-order chi connectivity index (χ0) is 15.7. The predicted molar refractivity (Wildman–Crippen MR) is 80.3 cm³/mol. The molecular formula is C17H19NO4. The Morgan fingerprint density at radius 1 is 1.41 bits per heavy atom. The number of Topliss-reactive ketones (excluding diaryl/α,β-unsaturated/α-hetero) is 1. The van der Waals surface area contributed by atoms with Crippen molar-refractivity contribution < 1.29 is 19.1 Å². The SMILES string of the molecule is CCOC(=O)C1=CN2C(C)COc3ccccc3C2CC1=O. The van der Waals surface area contributed by atoms with Crippen LogP contribution in [0.15, 0.2) is 36.0 Å². The van der Waals surface area contributed by atoms with E-state index in [0.717, 1.165) is 11.3 Å². The summed E-state index contributed by atoms with van der Waals surface area (Å²) in [6, 6.07) is 7.71. The lowest BCUT2D eigenvalue weighted by atomic mass is 9.92. The molecule has 0 N–H and O–H groups in total. The smallest absolute Gasteiger partial charge is 0.343 e. The number of hydrogen-bond acceptors (Lipinski definition) is 5. The van der Waals surface area contributed by atoms with Crippen LogP contribution in [-0.2, 0) is 14.3 Å². The van der Waals surface area contributed by atoms with Gasteiger partial charge in [-0.05, 0) is 19.9 Å². The van der Waals surface area contributed by atoms with Gasteiger partial charge in [0.05, 0.1) is 18.7 Å². The van der Waals surface area contributed by atoms with Crippen LogP contribution in [0.2, 0.25) is 0 Å². The quantitative estimate of drug-likeness (QED) is 0.619. The Labute approximate surface area is 129 Å². The van der Waals surface area contributed by atoms with Crippen LogP contribution in [0.1, 0.15) is 31.9 Å². The van der Waals surface area contributed by atoms with Crippen LogP contribution >= 0.6 is 0 Å². The Morgan fingerprint density at radius 3 is 2.95 bits per heavy atom. The Hall–Kier alpha value is -2.30. The first-order valence-corrected chi connectivity index (χ1v) is 7.53. The molecule has 116 valence electrons. The van der Waals surface area contributed by atoms with Gasteiger partial charge < -0.3 is 14.4 Å². The fraction of sp³-hybridized carbons (Fsp3) is 0.412. The first-order chi connectivity index (χ1) is 10.6. The van der Waals surface area contributed by atoms with Crippen molar-refractivity contribution in [3.05, 3.63) is 41.6 Å².